The molecule has 1 aliphatic carbocycles. The average molecular weight is 275 g/mol. The van der Waals surface area contributed by atoms with Crippen LogP contribution in [0.2, 0.25) is 0 Å². The van der Waals surface area contributed by atoms with E-state index in [1.807, 2.05) is 6.07 Å². The zero-order valence-electron chi connectivity index (χ0n) is 13.4. The van der Waals surface area contributed by atoms with E-state index in [9.17, 15) is 0 Å². The van der Waals surface area contributed by atoms with Crippen molar-refractivity contribution in [1.82, 2.24) is 5.32 Å². The average Bonchev–Trinajstić information content (AvgIpc) is 2.33. The first kappa shape index (κ1) is 15.4. The van der Waals surface area contributed by atoms with Gasteiger partial charge in [0.1, 0.15) is 5.75 Å². The summed E-state index contributed by atoms with van der Waals surface area (Å²) in [5, 5.41) is 3.69. The minimum absolute atomic E-state index is 0.205. The fourth-order valence-corrected chi connectivity index (χ4v) is 2.86. The molecule has 0 spiro atoms. The molecule has 1 aliphatic rings. The molecule has 0 bridgehead atoms. The Balaban J connectivity index is 1.99. The van der Waals surface area contributed by atoms with E-state index in [0.29, 0.717) is 0 Å². The van der Waals surface area contributed by atoms with Crippen molar-refractivity contribution >= 4 is 0 Å². The summed E-state index contributed by atoms with van der Waals surface area (Å²) in [5.74, 6) is 2.62. The second-order valence-corrected chi connectivity index (χ2v) is 7.14. The number of nitrogens with one attached hydrogen (secondary N) is 1. The number of rotatable bonds is 6. The quantitative estimate of drug-likeness (QED) is 0.846. The van der Waals surface area contributed by atoms with Crippen molar-refractivity contribution in [1.29, 1.82) is 0 Å². The molecular formula is C18H29NO. The van der Waals surface area contributed by atoms with Crippen LogP contribution in [0, 0.1) is 11.8 Å². The first-order valence-electron chi connectivity index (χ1n) is 7.86. The number of hydrogen-bond acceptors (Lipinski definition) is 2. The van der Waals surface area contributed by atoms with Crippen molar-refractivity contribution in [2.24, 2.45) is 11.8 Å². The van der Waals surface area contributed by atoms with Gasteiger partial charge in [0.2, 0.25) is 0 Å². The predicted molar refractivity (Wildman–Crippen MR) is 85.3 cm³/mol. The van der Waals surface area contributed by atoms with Gasteiger partial charge in [-0.2, -0.15) is 0 Å². The monoisotopic (exact) mass is 275 g/mol. The second kappa shape index (κ2) is 6.62. The molecule has 1 N–H and O–H groups in total. The summed E-state index contributed by atoms with van der Waals surface area (Å²) in [6, 6.07) is 8.53. The number of ether oxygens (including phenoxy) is 1. The molecule has 0 aliphatic heterocycles. The first-order valence-corrected chi connectivity index (χ1v) is 7.86. The highest BCUT2D eigenvalue weighted by Gasteiger charge is 2.28. The van der Waals surface area contributed by atoms with Crippen LogP contribution in [0.3, 0.4) is 0 Å². The lowest BCUT2D eigenvalue weighted by Crippen LogP contribution is -2.42. The van der Waals surface area contributed by atoms with Gasteiger partial charge in [-0.1, -0.05) is 31.4 Å². The van der Waals surface area contributed by atoms with Crippen molar-refractivity contribution in [2.75, 3.05) is 13.7 Å². The van der Waals surface area contributed by atoms with Crippen molar-refractivity contribution in [3.05, 3.63) is 29.8 Å². The van der Waals surface area contributed by atoms with Crippen LogP contribution in [0.25, 0.3) is 0 Å². The van der Waals surface area contributed by atoms with Crippen molar-refractivity contribution in [2.45, 2.75) is 52.0 Å². The summed E-state index contributed by atoms with van der Waals surface area (Å²) >= 11 is 0. The van der Waals surface area contributed by atoms with E-state index in [-0.39, 0.29) is 5.54 Å². The Morgan fingerprint density at radius 3 is 2.60 bits per heavy atom. The lowest BCUT2D eigenvalue weighted by Gasteiger charge is -2.36. The fourth-order valence-electron chi connectivity index (χ4n) is 2.86. The van der Waals surface area contributed by atoms with Crippen LogP contribution in [-0.2, 0) is 6.42 Å². The summed E-state index contributed by atoms with van der Waals surface area (Å²) in [7, 11) is 1.74. The zero-order valence-corrected chi connectivity index (χ0v) is 13.4. The van der Waals surface area contributed by atoms with Gasteiger partial charge in [-0.05, 0) is 63.3 Å². The molecule has 0 amide bonds. The molecule has 1 atom stereocenters. The predicted octanol–water partition coefficient (Wildman–Crippen LogP) is 4.04. The maximum absolute atomic E-state index is 5.34. The molecule has 112 valence electrons. The van der Waals surface area contributed by atoms with Gasteiger partial charge in [-0.15, -0.1) is 0 Å². The minimum Gasteiger partial charge on any atom is -0.497 e. The molecule has 1 saturated carbocycles. The Morgan fingerprint density at radius 1 is 1.30 bits per heavy atom. The van der Waals surface area contributed by atoms with E-state index in [4.69, 9.17) is 4.74 Å². The lowest BCUT2D eigenvalue weighted by molar-refractivity contribution is 0.189. The van der Waals surface area contributed by atoms with Crippen molar-refractivity contribution in [3.8, 4) is 5.75 Å². The Morgan fingerprint density at radius 2 is 2.05 bits per heavy atom. The highest BCUT2D eigenvalue weighted by molar-refractivity contribution is 5.28. The summed E-state index contributed by atoms with van der Waals surface area (Å²) in [5.41, 5.74) is 1.60. The maximum atomic E-state index is 5.34. The summed E-state index contributed by atoms with van der Waals surface area (Å²) in [4.78, 5) is 0. The van der Waals surface area contributed by atoms with Gasteiger partial charge in [0.25, 0.3) is 0 Å². The van der Waals surface area contributed by atoms with E-state index in [0.717, 1.165) is 30.6 Å². The highest BCUT2D eigenvalue weighted by atomic mass is 16.5. The first-order chi connectivity index (χ1) is 9.48. The largest absolute Gasteiger partial charge is 0.497 e. The second-order valence-electron chi connectivity index (χ2n) is 7.14. The van der Waals surface area contributed by atoms with Crippen LogP contribution in [0.1, 0.15) is 45.6 Å². The van der Waals surface area contributed by atoms with Gasteiger partial charge in [0.05, 0.1) is 7.11 Å². The number of hydrogen-bond donors (Lipinski definition) is 1. The van der Waals surface area contributed by atoms with Gasteiger partial charge in [-0.25, -0.2) is 0 Å². The summed E-state index contributed by atoms with van der Waals surface area (Å²) in [6.45, 7) is 7.86. The third-order valence-corrected chi connectivity index (χ3v) is 4.34. The van der Waals surface area contributed by atoms with Crippen LogP contribution in [-0.4, -0.2) is 19.2 Å². The maximum Gasteiger partial charge on any atom is 0.119 e. The fraction of sp³-hybridized carbons (Fsp3) is 0.667. The smallest absolute Gasteiger partial charge is 0.119 e. The normalized spacial score (nSPS) is 17.6. The van der Waals surface area contributed by atoms with Crippen LogP contribution in [0.5, 0.6) is 5.75 Å². The molecule has 2 nitrogen and oxygen atoms in total. The molecule has 1 aromatic rings. The van der Waals surface area contributed by atoms with Crippen LogP contribution >= 0.6 is 0 Å². The van der Waals surface area contributed by atoms with Gasteiger partial charge in [-0.3, -0.25) is 0 Å². The SMILES string of the molecule is COc1cccc(CC(CNC(C)(C)C)C2CCC2)c1. The topological polar surface area (TPSA) is 21.3 Å². The van der Waals surface area contributed by atoms with Crippen LogP contribution in [0.15, 0.2) is 24.3 Å². The van der Waals surface area contributed by atoms with Crippen molar-refractivity contribution < 1.29 is 4.74 Å². The number of methoxy groups -OCH3 is 1. The Kier molecular flexibility index (Phi) is 5.09. The summed E-state index contributed by atoms with van der Waals surface area (Å²) < 4.78 is 5.34. The molecular weight excluding hydrogens is 246 g/mol. The van der Waals surface area contributed by atoms with E-state index < -0.39 is 0 Å². The van der Waals surface area contributed by atoms with Crippen LogP contribution in [0.4, 0.5) is 0 Å². The van der Waals surface area contributed by atoms with Gasteiger partial charge in [0, 0.05) is 5.54 Å². The zero-order chi connectivity index (χ0) is 14.6. The molecule has 0 heterocycles. The van der Waals surface area contributed by atoms with Gasteiger partial charge < -0.3 is 10.1 Å². The third-order valence-electron chi connectivity index (χ3n) is 4.34. The molecule has 1 aromatic carbocycles. The molecule has 0 saturated heterocycles. The van der Waals surface area contributed by atoms with Gasteiger partial charge in [0.15, 0.2) is 0 Å². The Bertz CT molecular complexity index is 418. The van der Waals surface area contributed by atoms with Crippen LogP contribution < -0.4 is 10.1 Å². The van der Waals surface area contributed by atoms with E-state index in [2.05, 4.69) is 44.3 Å². The highest BCUT2D eigenvalue weighted by Crippen LogP contribution is 2.35. The molecule has 1 fully saturated rings. The standard InChI is InChI=1S/C18H29NO/c1-18(2,3)19-13-16(15-8-6-9-15)11-14-7-5-10-17(12-14)20-4/h5,7,10,12,15-16,19H,6,8-9,11,13H2,1-4H3. The molecule has 20 heavy (non-hydrogen) atoms. The lowest BCUT2D eigenvalue weighted by atomic mass is 9.73. The third kappa shape index (κ3) is 4.52. The molecule has 2 heteroatoms. The van der Waals surface area contributed by atoms with E-state index in [1.54, 1.807) is 7.11 Å². The Hall–Kier alpha value is -1.02. The molecule has 1 unspecified atom stereocenters. The minimum atomic E-state index is 0.205. The van der Waals surface area contributed by atoms with Crippen molar-refractivity contribution in [3.63, 3.8) is 0 Å². The molecule has 0 aromatic heterocycles. The van der Waals surface area contributed by atoms with E-state index >= 15 is 0 Å². The summed E-state index contributed by atoms with van der Waals surface area (Å²) in [6.07, 6.45) is 5.38. The molecule has 2 rings (SSSR count). The van der Waals surface area contributed by atoms with E-state index in [1.165, 1.54) is 24.8 Å². The van der Waals surface area contributed by atoms with Gasteiger partial charge >= 0.3 is 0 Å². The number of benzene rings is 1. The Labute approximate surface area is 123 Å². The molecule has 0 radical (unpaired) electrons.